The van der Waals surface area contributed by atoms with Crippen LogP contribution >= 0.6 is 19.8 Å². The van der Waals surface area contributed by atoms with E-state index < -0.39 is 8.17 Å². The van der Waals surface area contributed by atoms with Crippen molar-refractivity contribution in [3.05, 3.63) is 29.8 Å². The Morgan fingerprint density at radius 3 is 3.07 bits per heavy atom. The van der Waals surface area contributed by atoms with Crippen molar-refractivity contribution in [1.82, 2.24) is 0 Å². The fourth-order valence-electron chi connectivity index (χ4n) is 1.22. The van der Waals surface area contributed by atoms with E-state index in [2.05, 4.69) is 0 Å². The first kappa shape index (κ1) is 11.1. The zero-order chi connectivity index (χ0) is 10.7. The van der Waals surface area contributed by atoms with E-state index in [0.717, 1.165) is 5.56 Å². The Morgan fingerprint density at radius 2 is 2.27 bits per heavy atom. The first-order chi connectivity index (χ1) is 7.23. The third kappa shape index (κ3) is 2.60. The molecule has 1 aromatic carbocycles. The van der Waals surface area contributed by atoms with Crippen molar-refractivity contribution < 1.29 is 18.5 Å². The minimum absolute atomic E-state index is 0.140. The van der Waals surface area contributed by atoms with Crippen molar-refractivity contribution >= 4 is 19.8 Å². The van der Waals surface area contributed by atoms with Gasteiger partial charge in [-0.25, -0.2) is 0 Å². The normalized spacial score (nSPS) is 24.4. The molecule has 0 aromatic heterocycles. The number of hydrogen-bond acceptors (Lipinski definition) is 4. The van der Waals surface area contributed by atoms with Crippen molar-refractivity contribution in [1.29, 1.82) is 0 Å². The lowest BCUT2D eigenvalue weighted by Gasteiger charge is -2.29. The zero-order valence-corrected chi connectivity index (χ0v) is 9.54. The molecule has 0 amide bonds. The van der Waals surface area contributed by atoms with E-state index in [1.165, 1.54) is 0 Å². The average molecular weight is 249 g/mol. The summed E-state index contributed by atoms with van der Waals surface area (Å²) >= 11 is 5.43. The monoisotopic (exact) mass is 248 g/mol. The van der Waals surface area contributed by atoms with Crippen LogP contribution in [-0.4, -0.2) is 12.5 Å². The van der Waals surface area contributed by atoms with Crippen LogP contribution in [0.3, 0.4) is 0 Å². The van der Waals surface area contributed by atoms with Crippen LogP contribution in [0.25, 0.3) is 0 Å². The summed E-state index contributed by atoms with van der Waals surface area (Å²) in [6, 6.07) is 7.24. The molecule has 0 radical (unpaired) electrons. The summed E-state index contributed by atoms with van der Waals surface area (Å²) in [5.74, 6) is 0.792. The van der Waals surface area contributed by atoms with Gasteiger partial charge in [0.15, 0.2) is 5.75 Å². The fourth-order valence-corrected chi connectivity index (χ4v) is 2.61. The SMILES string of the molecule is [O-][P+]1(OCCCl)OCc2ccccc2O1. The van der Waals surface area contributed by atoms with Crippen LogP contribution in [0.2, 0.25) is 0 Å². The lowest BCUT2D eigenvalue weighted by atomic mass is 10.2. The number of fused-ring (bicyclic) bond motifs is 1. The highest BCUT2D eigenvalue weighted by Gasteiger charge is 2.39. The van der Waals surface area contributed by atoms with Gasteiger partial charge in [-0.15, -0.1) is 11.6 Å². The maximum atomic E-state index is 11.8. The molecule has 15 heavy (non-hydrogen) atoms. The Kier molecular flexibility index (Phi) is 3.44. The van der Waals surface area contributed by atoms with E-state index in [-0.39, 0.29) is 19.1 Å². The van der Waals surface area contributed by atoms with Crippen LogP contribution in [0.1, 0.15) is 5.56 Å². The van der Waals surface area contributed by atoms with Gasteiger partial charge in [0, 0.05) is 5.56 Å². The molecule has 0 fully saturated rings. The van der Waals surface area contributed by atoms with Crippen molar-refractivity contribution in [3.63, 3.8) is 0 Å². The summed E-state index contributed by atoms with van der Waals surface area (Å²) in [5, 5.41) is 0. The van der Waals surface area contributed by atoms with E-state index in [9.17, 15) is 4.89 Å². The highest BCUT2D eigenvalue weighted by Crippen LogP contribution is 2.57. The van der Waals surface area contributed by atoms with Gasteiger partial charge in [-0.2, -0.15) is 9.05 Å². The van der Waals surface area contributed by atoms with Gasteiger partial charge in [0.2, 0.25) is 0 Å². The van der Waals surface area contributed by atoms with E-state index in [1.54, 1.807) is 12.1 Å². The molecule has 1 aromatic rings. The van der Waals surface area contributed by atoms with E-state index >= 15 is 0 Å². The third-order valence-corrected chi connectivity index (χ3v) is 3.41. The predicted octanol–water partition coefficient (Wildman–Crippen LogP) is 1.89. The number of phosphoric acid groups is 1. The van der Waals surface area contributed by atoms with Crippen LogP contribution in [0.4, 0.5) is 0 Å². The molecular weight excluding hydrogens is 239 g/mol. The molecule has 1 heterocycles. The largest absolute Gasteiger partial charge is 0.598 e. The van der Waals surface area contributed by atoms with Gasteiger partial charge < -0.3 is 4.89 Å². The average Bonchev–Trinajstić information content (AvgIpc) is 2.26. The van der Waals surface area contributed by atoms with Crippen molar-refractivity contribution in [3.8, 4) is 5.75 Å². The van der Waals surface area contributed by atoms with Gasteiger partial charge >= 0.3 is 8.17 Å². The van der Waals surface area contributed by atoms with Gasteiger partial charge in [0.1, 0.15) is 13.2 Å². The first-order valence-electron chi connectivity index (χ1n) is 4.46. The minimum Gasteiger partial charge on any atom is -0.598 e. The summed E-state index contributed by atoms with van der Waals surface area (Å²) in [4.78, 5) is 11.8. The van der Waals surface area contributed by atoms with Gasteiger partial charge in [0.25, 0.3) is 0 Å². The highest BCUT2D eigenvalue weighted by atomic mass is 35.5. The number of phosphoric ester groups is 1. The standard InChI is InChI=1S/C9H10ClO4P/c10-5-6-12-15(11)13-7-8-3-1-2-4-9(8)14-15/h1-4H,5-7H2. The molecular formula is C9H10ClO4P. The highest BCUT2D eigenvalue weighted by molar-refractivity contribution is 7.54. The van der Waals surface area contributed by atoms with Gasteiger partial charge in [-0.1, -0.05) is 18.2 Å². The van der Waals surface area contributed by atoms with Crippen molar-refractivity contribution in [2.24, 2.45) is 0 Å². The smallest absolute Gasteiger partial charge is 0.429 e. The summed E-state index contributed by atoms with van der Waals surface area (Å²) in [6.45, 7) is 0.372. The van der Waals surface area contributed by atoms with E-state index in [1.807, 2.05) is 12.1 Å². The van der Waals surface area contributed by atoms with Crippen LogP contribution in [0.5, 0.6) is 5.75 Å². The first-order valence-corrected chi connectivity index (χ1v) is 6.46. The van der Waals surface area contributed by atoms with E-state index in [4.69, 9.17) is 25.2 Å². The van der Waals surface area contributed by atoms with Crippen molar-refractivity contribution in [2.45, 2.75) is 6.61 Å². The third-order valence-electron chi connectivity index (χ3n) is 1.89. The molecule has 0 aliphatic carbocycles. The Hall–Kier alpha value is -0.380. The number of benzene rings is 1. The maximum absolute atomic E-state index is 11.8. The number of hydrogen-bond donors (Lipinski definition) is 0. The maximum Gasteiger partial charge on any atom is 0.429 e. The lowest BCUT2D eigenvalue weighted by molar-refractivity contribution is -0.242. The molecule has 0 saturated carbocycles. The summed E-state index contributed by atoms with van der Waals surface area (Å²) < 4.78 is 15.2. The van der Waals surface area contributed by atoms with Crippen LogP contribution in [-0.2, 0) is 15.7 Å². The number of halogens is 1. The molecule has 2 rings (SSSR count). The quantitative estimate of drug-likeness (QED) is 0.605. The number of para-hydroxylation sites is 1. The second kappa shape index (κ2) is 4.64. The Bertz CT molecular complexity index is 349. The van der Waals surface area contributed by atoms with Gasteiger partial charge in [0.05, 0.1) is 5.88 Å². The molecule has 1 unspecified atom stereocenters. The molecule has 0 saturated heterocycles. The number of alkyl halides is 1. The van der Waals surface area contributed by atoms with E-state index in [0.29, 0.717) is 5.75 Å². The molecule has 0 N–H and O–H groups in total. The topological polar surface area (TPSA) is 50.8 Å². The Balaban J connectivity index is 2.10. The molecule has 1 aliphatic heterocycles. The van der Waals surface area contributed by atoms with Gasteiger partial charge in [-0.05, 0) is 6.07 Å². The predicted molar refractivity (Wildman–Crippen MR) is 55.5 cm³/mol. The lowest BCUT2D eigenvalue weighted by Crippen LogP contribution is -2.25. The van der Waals surface area contributed by atoms with Crippen LogP contribution < -0.4 is 9.42 Å². The fraction of sp³-hybridized carbons (Fsp3) is 0.333. The van der Waals surface area contributed by atoms with Crippen LogP contribution in [0.15, 0.2) is 24.3 Å². The summed E-state index contributed by atoms with van der Waals surface area (Å²) in [5.41, 5.74) is 0.860. The van der Waals surface area contributed by atoms with Gasteiger partial charge in [-0.3, -0.25) is 4.52 Å². The molecule has 1 atom stereocenters. The Morgan fingerprint density at radius 1 is 1.47 bits per heavy atom. The van der Waals surface area contributed by atoms with Crippen LogP contribution in [0, 0.1) is 0 Å². The van der Waals surface area contributed by atoms with Crippen molar-refractivity contribution in [2.75, 3.05) is 12.5 Å². The second-order valence-electron chi connectivity index (χ2n) is 2.94. The number of rotatable bonds is 3. The minimum atomic E-state index is -3.45. The molecule has 0 spiro atoms. The second-order valence-corrected chi connectivity index (χ2v) is 4.91. The molecule has 6 heteroatoms. The molecule has 4 nitrogen and oxygen atoms in total. The summed E-state index contributed by atoms with van der Waals surface area (Å²) in [6.07, 6.45) is 0. The molecule has 82 valence electrons. The summed E-state index contributed by atoms with van der Waals surface area (Å²) in [7, 11) is -3.45. The molecule has 0 bridgehead atoms. The molecule has 1 aliphatic rings. The Labute approximate surface area is 93.4 Å². The zero-order valence-electron chi connectivity index (χ0n) is 7.89.